The standard InChI is InChI=1S/C19H19BrFNO4S/c1-26-18-8-2-13(10-17(18)20)3-9-19(23)22-11-16(12-22)27(24,25)15-6-4-14(21)5-7-15/h2,4-8,10,16H,3,9,11-12H2,1H3. The molecule has 0 bridgehead atoms. The van der Waals surface area contributed by atoms with Crippen LogP contribution in [0.5, 0.6) is 5.75 Å². The summed E-state index contributed by atoms with van der Waals surface area (Å²) in [6.07, 6.45) is 0.870. The van der Waals surface area contributed by atoms with E-state index in [-0.39, 0.29) is 23.9 Å². The molecular weight excluding hydrogens is 437 g/mol. The highest BCUT2D eigenvalue weighted by Crippen LogP contribution is 2.27. The first-order valence-electron chi connectivity index (χ1n) is 8.41. The zero-order valence-corrected chi connectivity index (χ0v) is 17.1. The molecule has 5 nitrogen and oxygen atoms in total. The number of aryl methyl sites for hydroxylation is 1. The quantitative estimate of drug-likeness (QED) is 0.627. The Hall–Kier alpha value is -1.93. The van der Waals surface area contributed by atoms with E-state index in [4.69, 9.17) is 4.74 Å². The van der Waals surface area contributed by atoms with Gasteiger partial charge in [0, 0.05) is 19.5 Å². The summed E-state index contributed by atoms with van der Waals surface area (Å²) in [4.78, 5) is 13.9. The van der Waals surface area contributed by atoms with Crippen LogP contribution in [0.3, 0.4) is 0 Å². The number of halogens is 2. The van der Waals surface area contributed by atoms with Crippen LogP contribution < -0.4 is 4.74 Å². The summed E-state index contributed by atoms with van der Waals surface area (Å²) in [5.74, 6) is 0.165. The number of ether oxygens (including phenoxy) is 1. The van der Waals surface area contributed by atoms with Crippen molar-refractivity contribution in [1.82, 2.24) is 4.90 Å². The van der Waals surface area contributed by atoms with Gasteiger partial charge >= 0.3 is 0 Å². The van der Waals surface area contributed by atoms with Gasteiger partial charge in [-0.25, -0.2) is 12.8 Å². The molecular formula is C19H19BrFNO4S. The monoisotopic (exact) mass is 455 g/mol. The summed E-state index contributed by atoms with van der Waals surface area (Å²) in [7, 11) is -1.96. The number of methoxy groups -OCH3 is 1. The highest BCUT2D eigenvalue weighted by molar-refractivity contribution is 9.10. The van der Waals surface area contributed by atoms with Crippen LogP contribution in [0, 0.1) is 5.82 Å². The van der Waals surface area contributed by atoms with Gasteiger partial charge in [0.15, 0.2) is 9.84 Å². The highest BCUT2D eigenvalue weighted by Gasteiger charge is 2.40. The Morgan fingerprint density at radius 3 is 2.48 bits per heavy atom. The number of amides is 1. The molecule has 1 amide bonds. The average molecular weight is 456 g/mol. The predicted molar refractivity (Wildman–Crippen MR) is 103 cm³/mol. The van der Waals surface area contributed by atoms with Crippen molar-refractivity contribution in [2.75, 3.05) is 20.2 Å². The normalized spacial score (nSPS) is 14.7. The molecule has 1 aliphatic rings. The summed E-state index contributed by atoms with van der Waals surface area (Å²) in [6, 6.07) is 10.4. The van der Waals surface area contributed by atoms with Crippen molar-refractivity contribution in [3.8, 4) is 5.75 Å². The third kappa shape index (κ3) is 4.32. The summed E-state index contributed by atoms with van der Waals surface area (Å²) < 4.78 is 44.0. The Labute approximate surface area is 166 Å². The molecule has 1 fully saturated rings. The Bertz CT molecular complexity index is 941. The van der Waals surface area contributed by atoms with E-state index in [0.717, 1.165) is 27.9 Å². The molecule has 144 valence electrons. The molecule has 0 atom stereocenters. The fourth-order valence-electron chi connectivity index (χ4n) is 2.93. The number of carbonyl (C=O) groups is 1. The van der Waals surface area contributed by atoms with Crippen LogP contribution in [0.1, 0.15) is 12.0 Å². The van der Waals surface area contributed by atoms with E-state index in [2.05, 4.69) is 15.9 Å². The van der Waals surface area contributed by atoms with Gasteiger partial charge < -0.3 is 9.64 Å². The van der Waals surface area contributed by atoms with E-state index >= 15 is 0 Å². The van der Waals surface area contributed by atoms with Crippen LogP contribution in [-0.2, 0) is 21.1 Å². The highest BCUT2D eigenvalue weighted by atomic mass is 79.9. The third-order valence-corrected chi connectivity index (χ3v) is 7.35. The van der Waals surface area contributed by atoms with E-state index < -0.39 is 20.9 Å². The summed E-state index contributed by atoms with van der Waals surface area (Å²) in [5, 5.41) is -0.637. The Balaban J connectivity index is 1.54. The van der Waals surface area contributed by atoms with Gasteiger partial charge in [0.25, 0.3) is 0 Å². The van der Waals surface area contributed by atoms with E-state index in [1.807, 2.05) is 18.2 Å². The second kappa shape index (κ2) is 7.98. The first kappa shape index (κ1) is 19.8. The lowest BCUT2D eigenvalue weighted by atomic mass is 10.1. The smallest absolute Gasteiger partial charge is 0.222 e. The van der Waals surface area contributed by atoms with Crippen LogP contribution in [-0.4, -0.2) is 44.7 Å². The van der Waals surface area contributed by atoms with Crippen molar-refractivity contribution in [3.63, 3.8) is 0 Å². The van der Waals surface area contributed by atoms with Gasteiger partial charge in [-0.2, -0.15) is 0 Å². The molecule has 2 aromatic carbocycles. The van der Waals surface area contributed by atoms with Crippen molar-refractivity contribution in [2.45, 2.75) is 23.0 Å². The van der Waals surface area contributed by atoms with Gasteiger partial charge in [0.2, 0.25) is 5.91 Å². The van der Waals surface area contributed by atoms with Crippen molar-refractivity contribution in [3.05, 3.63) is 58.3 Å². The molecule has 8 heteroatoms. The molecule has 1 aliphatic heterocycles. The molecule has 0 unspecified atom stereocenters. The second-order valence-electron chi connectivity index (χ2n) is 6.39. The predicted octanol–water partition coefficient (Wildman–Crippen LogP) is 3.21. The zero-order valence-electron chi connectivity index (χ0n) is 14.7. The molecule has 3 rings (SSSR count). The number of carbonyl (C=O) groups excluding carboxylic acids is 1. The molecule has 0 aromatic heterocycles. The zero-order chi connectivity index (χ0) is 19.6. The average Bonchev–Trinajstić information content (AvgIpc) is 2.59. The minimum Gasteiger partial charge on any atom is -0.496 e. The lowest BCUT2D eigenvalue weighted by Gasteiger charge is -2.38. The fraction of sp³-hybridized carbons (Fsp3) is 0.316. The minimum atomic E-state index is -3.55. The van der Waals surface area contributed by atoms with Gasteiger partial charge in [0.1, 0.15) is 16.8 Å². The molecule has 0 N–H and O–H groups in total. The number of nitrogens with zero attached hydrogens (tertiary/aromatic N) is 1. The molecule has 0 aliphatic carbocycles. The van der Waals surface area contributed by atoms with Crippen molar-refractivity contribution in [2.24, 2.45) is 0 Å². The minimum absolute atomic E-state index is 0.0764. The van der Waals surface area contributed by atoms with Crippen molar-refractivity contribution in [1.29, 1.82) is 0 Å². The Morgan fingerprint density at radius 1 is 1.22 bits per heavy atom. The van der Waals surface area contributed by atoms with Gasteiger partial charge in [-0.15, -0.1) is 0 Å². The number of likely N-dealkylation sites (tertiary alicyclic amines) is 1. The van der Waals surface area contributed by atoms with Gasteiger partial charge in [-0.3, -0.25) is 4.79 Å². The Morgan fingerprint density at radius 2 is 1.89 bits per heavy atom. The largest absolute Gasteiger partial charge is 0.496 e. The summed E-state index contributed by atoms with van der Waals surface area (Å²) in [5.41, 5.74) is 0.993. The van der Waals surface area contributed by atoms with Crippen LogP contribution in [0.15, 0.2) is 51.8 Å². The molecule has 0 saturated carbocycles. The number of rotatable bonds is 6. The number of benzene rings is 2. The van der Waals surface area contributed by atoms with Crippen LogP contribution in [0.25, 0.3) is 0 Å². The van der Waals surface area contributed by atoms with Crippen LogP contribution in [0.2, 0.25) is 0 Å². The number of hydrogen-bond acceptors (Lipinski definition) is 4. The third-order valence-electron chi connectivity index (χ3n) is 4.63. The maximum Gasteiger partial charge on any atom is 0.222 e. The second-order valence-corrected chi connectivity index (χ2v) is 9.47. The van der Waals surface area contributed by atoms with Crippen LogP contribution >= 0.6 is 15.9 Å². The van der Waals surface area contributed by atoms with E-state index in [1.165, 1.54) is 12.1 Å². The first-order valence-corrected chi connectivity index (χ1v) is 10.7. The molecule has 1 saturated heterocycles. The number of hydrogen-bond donors (Lipinski definition) is 0. The van der Waals surface area contributed by atoms with Gasteiger partial charge in [0.05, 0.1) is 16.5 Å². The maximum atomic E-state index is 13.0. The van der Waals surface area contributed by atoms with E-state index in [0.29, 0.717) is 12.8 Å². The van der Waals surface area contributed by atoms with Crippen molar-refractivity contribution >= 4 is 31.7 Å². The van der Waals surface area contributed by atoms with Gasteiger partial charge in [-0.1, -0.05) is 6.07 Å². The van der Waals surface area contributed by atoms with E-state index in [1.54, 1.807) is 12.0 Å². The maximum absolute atomic E-state index is 13.0. The molecule has 1 heterocycles. The van der Waals surface area contributed by atoms with Gasteiger partial charge in [-0.05, 0) is 64.3 Å². The molecule has 0 spiro atoms. The Kier molecular flexibility index (Phi) is 5.86. The molecule has 27 heavy (non-hydrogen) atoms. The topological polar surface area (TPSA) is 63.7 Å². The number of sulfone groups is 1. The van der Waals surface area contributed by atoms with E-state index in [9.17, 15) is 17.6 Å². The molecule has 0 radical (unpaired) electrons. The van der Waals surface area contributed by atoms with Crippen molar-refractivity contribution < 1.29 is 22.3 Å². The van der Waals surface area contributed by atoms with Crippen LogP contribution in [0.4, 0.5) is 4.39 Å². The summed E-state index contributed by atoms with van der Waals surface area (Å²) in [6.45, 7) is 0.343. The molecule has 2 aromatic rings. The lowest BCUT2D eigenvalue weighted by Crippen LogP contribution is -2.56. The fourth-order valence-corrected chi connectivity index (χ4v) is 5.17. The lowest BCUT2D eigenvalue weighted by molar-refractivity contribution is -0.134. The SMILES string of the molecule is COc1ccc(CCC(=O)N2CC(S(=O)(=O)c3ccc(F)cc3)C2)cc1Br. The first-order chi connectivity index (χ1) is 12.8. The summed E-state index contributed by atoms with van der Waals surface area (Å²) >= 11 is 3.41.